The molecule has 0 aliphatic carbocycles. The molecule has 5 nitrogen and oxygen atoms in total. The van der Waals surface area contributed by atoms with Crippen molar-refractivity contribution in [2.45, 2.75) is 17.9 Å². The van der Waals surface area contributed by atoms with Gasteiger partial charge in [-0.2, -0.15) is 0 Å². The molecule has 0 aliphatic heterocycles. The van der Waals surface area contributed by atoms with E-state index in [0.717, 1.165) is 5.52 Å². The van der Waals surface area contributed by atoms with E-state index in [-0.39, 0.29) is 11.0 Å². The van der Waals surface area contributed by atoms with Gasteiger partial charge in [0.2, 0.25) is 0 Å². The van der Waals surface area contributed by atoms with Crippen LogP contribution in [0.3, 0.4) is 0 Å². The molecule has 1 unspecified atom stereocenters. The van der Waals surface area contributed by atoms with Gasteiger partial charge in [-0.05, 0) is 25.1 Å². The number of methoxy groups -OCH3 is 1. The average molecular weight is 254 g/mol. The van der Waals surface area contributed by atoms with E-state index in [1.54, 1.807) is 25.3 Å². The van der Waals surface area contributed by atoms with Gasteiger partial charge in [0.25, 0.3) is 0 Å². The maximum Gasteiger partial charge on any atom is 0.175 e. The third-order valence-corrected chi connectivity index (χ3v) is 3.75. The topological polar surface area (TPSA) is 72.0 Å². The minimum atomic E-state index is -3.19. The van der Waals surface area contributed by atoms with E-state index in [1.807, 2.05) is 6.92 Å². The number of H-pyrrole nitrogens is 1. The first-order valence-electron chi connectivity index (χ1n) is 5.14. The summed E-state index contributed by atoms with van der Waals surface area (Å²) in [7, 11) is -1.59. The van der Waals surface area contributed by atoms with Crippen molar-refractivity contribution in [2.24, 2.45) is 0 Å². The number of nitrogens with one attached hydrogen (secondary N) is 1. The van der Waals surface area contributed by atoms with Crippen LogP contribution < -0.4 is 0 Å². The van der Waals surface area contributed by atoms with Gasteiger partial charge in [0, 0.05) is 13.4 Å². The first-order chi connectivity index (χ1) is 7.91. The molecular weight excluding hydrogens is 240 g/mol. The Bertz CT molecular complexity index is 646. The fraction of sp³-hybridized carbons (Fsp3) is 0.364. The summed E-state index contributed by atoms with van der Waals surface area (Å²) in [4.78, 5) is 7.67. The standard InChI is InChI=1S/C11H14N2O3S/c1-7(16-2)11-12-9-5-4-8(17(3,14)15)6-10(9)13-11/h4-7H,1-3H3,(H,12,13). The smallest absolute Gasteiger partial charge is 0.175 e. The maximum atomic E-state index is 11.4. The number of benzene rings is 1. The lowest BCUT2D eigenvalue weighted by atomic mass is 10.3. The molecule has 2 rings (SSSR count). The van der Waals surface area contributed by atoms with Crippen LogP contribution >= 0.6 is 0 Å². The number of fused-ring (bicyclic) bond motifs is 1. The van der Waals surface area contributed by atoms with Gasteiger partial charge >= 0.3 is 0 Å². The van der Waals surface area contributed by atoms with E-state index in [1.165, 1.54) is 6.26 Å². The number of hydrogen-bond donors (Lipinski definition) is 1. The fourth-order valence-corrected chi connectivity index (χ4v) is 2.19. The second kappa shape index (κ2) is 4.12. The van der Waals surface area contributed by atoms with E-state index in [9.17, 15) is 8.42 Å². The van der Waals surface area contributed by atoms with Crippen LogP contribution in [0.25, 0.3) is 11.0 Å². The normalized spacial score (nSPS) is 14.1. The lowest BCUT2D eigenvalue weighted by molar-refractivity contribution is 0.113. The number of rotatable bonds is 3. The van der Waals surface area contributed by atoms with Crippen LogP contribution in [0.15, 0.2) is 23.1 Å². The zero-order valence-electron chi connectivity index (χ0n) is 9.89. The molecule has 0 saturated carbocycles. The molecule has 1 N–H and O–H groups in total. The maximum absolute atomic E-state index is 11.4. The van der Waals surface area contributed by atoms with Crippen molar-refractivity contribution >= 4 is 20.9 Å². The zero-order chi connectivity index (χ0) is 12.6. The van der Waals surface area contributed by atoms with Gasteiger partial charge in [-0.3, -0.25) is 0 Å². The van der Waals surface area contributed by atoms with Gasteiger partial charge in [0.1, 0.15) is 11.9 Å². The lowest BCUT2D eigenvalue weighted by Crippen LogP contribution is -1.97. The number of sulfone groups is 1. The second-order valence-electron chi connectivity index (χ2n) is 3.95. The highest BCUT2D eigenvalue weighted by Crippen LogP contribution is 2.20. The first-order valence-corrected chi connectivity index (χ1v) is 7.03. The minimum absolute atomic E-state index is 0.149. The third-order valence-electron chi connectivity index (χ3n) is 2.64. The third kappa shape index (κ3) is 2.32. The summed E-state index contributed by atoms with van der Waals surface area (Å²) in [6.07, 6.45) is 1.03. The van der Waals surface area contributed by atoms with Gasteiger partial charge in [-0.1, -0.05) is 0 Å². The van der Waals surface area contributed by atoms with Crippen LogP contribution in [0, 0.1) is 0 Å². The predicted molar refractivity (Wildman–Crippen MR) is 64.6 cm³/mol. The van der Waals surface area contributed by atoms with Gasteiger partial charge in [-0.15, -0.1) is 0 Å². The highest BCUT2D eigenvalue weighted by Gasteiger charge is 2.12. The van der Waals surface area contributed by atoms with Crippen molar-refractivity contribution in [1.82, 2.24) is 9.97 Å². The van der Waals surface area contributed by atoms with Crippen LogP contribution in [0.4, 0.5) is 0 Å². The lowest BCUT2D eigenvalue weighted by Gasteiger charge is -2.03. The van der Waals surface area contributed by atoms with Gasteiger partial charge in [0.05, 0.1) is 15.9 Å². The van der Waals surface area contributed by atoms with Crippen LogP contribution in [0.1, 0.15) is 18.9 Å². The van der Waals surface area contributed by atoms with Crippen molar-refractivity contribution in [3.05, 3.63) is 24.0 Å². The molecule has 0 radical (unpaired) electrons. The van der Waals surface area contributed by atoms with E-state index >= 15 is 0 Å². The number of nitrogens with zero attached hydrogens (tertiary/aromatic N) is 1. The van der Waals surface area contributed by atoms with Crippen LogP contribution in [0.2, 0.25) is 0 Å². The molecule has 0 aliphatic rings. The Labute approximate surface area is 99.7 Å². The SMILES string of the molecule is COC(C)c1nc2ccc(S(C)(=O)=O)cc2[nH]1. The Morgan fingerprint density at radius 1 is 1.41 bits per heavy atom. The summed E-state index contributed by atoms with van der Waals surface area (Å²) in [5.74, 6) is 0.688. The minimum Gasteiger partial charge on any atom is -0.374 e. The summed E-state index contributed by atoms with van der Waals surface area (Å²) in [6, 6.07) is 4.83. The monoisotopic (exact) mass is 254 g/mol. The van der Waals surface area contributed by atoms with Crippen LogP contribution in [0.5, 0.6) is 0 Å². The van der Waals surface area contributed by atoms with Crippen molar-refractivity contribution in [3.63, 3.8) is 0 Å². The molecule has 92 valence electrons. The molecule has 0 fully saturated rings. The molecule has 17 heavy (non-hydrogen) atoms. The molecule has 1 heterocycles. The molecule has 0 saturated heterocycles. The number of hydrogen-bond acceptors (Lipinski definition) is 4. The Balaban J connectivity index is 2.56. The van der Waals surface area contributed by atoms with E-state index in [4.69, 9.17) is 4.74 Å². The van der Waals surface area contributed by atoms with Gasteiger partial charge in [0.15, 0.2) is 9.84 Å². The number of aromatic amines is 1. The Morgan fingerprint density at radius 2 is 2.12 bits per heavy atom. The summed E-state index contributed by atoms with van der Waals surface area (Å²) in [6.45, 7) is 1.87. The average Bonchev–Trinajstić information content (AvgIpc) is 2.69. The number of ether oxygens (including phenoxy) is 1. The van der Waals surface area contributed by atoms with Crippen molar-refractivity contribution in [3.8, 4) is 0 Å². The molecule has 0 amide bonds. The van der Waals surface area contributed by atoms with Gasteiger partial charge in [-0.25, -0.2) is 13.4 Å². The summed E-state index contributed by atoms with van der Waals surface area (Å²) >= 11 is 0. The van der Waals surface area contributed by atoms with Crippen molar-refractivity contribution < 1.29 is 13.2 Å². The highest BCUT2D eigenvalue weighted by molar-refractivity contribution is 7.90. The van der Waals surface area contributed by atoms with Crippen LogP contribution in [-0.2, 0) is 14.6 Å². The van der Waals surface area contributed by atoms with Crippen molar-refractivity contribution in [1.29, 1.82) is 0 Å². The highest BCUT2D eigenvalue weighted by atomic mass is 32.2. The Kier molecular flexibility index (Phi) is 2.92. The zero-order valence-corrected chi connectivity index (χ0v) is 10.7. The largest absolute Gasteiger partial charge is 0.374 e. The molecule has 0 bridgehead atoms. The molecule has 1 aromatic carbocycles. The van der Waals surface area contributed by atoms with Gasteiger partial charge < -0.3 is 9.72 Å². The first kappa shape index (κ1) is 12.1. The molecule has 1 aromatic heterocycles. The Morgan fingerprint density at radius 3 is 2.71 bits per heavy atom. The second-order valence-corrected chi connectivity index (χ2v) is 5.97. The molecule has 0 spiro atoms. The predicted octanol–water partition coefficient (Wildman–Crippen LogP) is 1.67. The number of imidazole rings is 1. The molecule has 2 aromatic rings. The van der Waals surface area contributed by atoms with Crippen molar-refractivity contribution in [2.75, 3.05) is 13.4 Å². The molecule has 6 heteroatoms. The van der Waals surface area contributed by atoms with E-state index < -0.39 is 9.84 Å². The quantitative estimate of drug-likeness (QED) is 0.904. The molecular formula is C11H14N2O3S. The fourth-order valence-electron chi connectivity index (χ4n) is 1.54. The van der Waals surface area contributed by atoms with Crippen LogP contribution in [-0.4, -0.2) is 31.8 Å². The van der Waals surface area contributed by atoms with E-state index in [2.05, 4.69) is 9.97 Å². The Hall–Kier alpha value is -1.40. The van der Waals surface area contributed by atoms with E-state index in [0.29, 0.717) is 11.3 Å². The summed E-state index contributed by atoms with van der Waals surface area (Å²) < 4.78 is 28.0. The summed E-state index contributed by atoms with van der Waals surface area (Å²) in [5, 5.41) is 0. The molecule has 1 atom stereocenters. The number of aromatic nitrogens is 2. The summed E-state index contributed by atoms with van der Waals surface area (Å²) in [5.41, 5.74) is 1.43.